The summed E-state index contributed by atoms with van der Waals surface area (Å²) in [6.07, 6.45) is 0. The first-order valence-electron chi connectivity index (χ1n) is 4.27. The van der Waals surface area contributed by atoms with Crippen LogP contribution in [0.3, 0.4) is 0 Å². The summed E-state index contributed by atoms with van der Waals surface area (Å²) >= 11 is 3.05. The van der Waals surface area contributed by atoms with E-state index in [0.717, 1.165) is 5.52 Å². The molecule has 0 atom stereocenters. The molecule has 0 fully saturated rings. The summed E-state index contributed by atoms with van der Waals surface area (Å²) in [6.45, 7) is 0. The van der Waals surface area contributed by atoms with Crippen molar-refractivity contribution in [3.63, 3.8) is 0 Å². The van der Waals surface area contributed by atoms with Crippen LogP contribution in [0.15, 0.2) is 23.0 Å². The summed E-state index contributed by atoms with van der Waals surface area (Å²) < 4.78 is 0. The minimum absolute atomic E-state index is 0.132. The van der Waals surface area contributed by atoms with Crippen LogP contribution in [0.25, 0.3) is 11.0 Å². The van der Waals surface area contributed by atoms with Gasteiger partial charge in [0.15, 0.2) is 0 Å². The molecule has 0 saturated carbocycles. The maximum Gasteiger partial charge on any atom is 0.323 e. The predicted molar refractivity (Wildman–Crippen MR) is 61.3 cm³/mol. The van der Waals surface area contributed by atoms with E-state index in [-0.39, 0.29) is 16.9 Å². The molecule has 0 spiro atoms. The number of fused-ring (bicyclic) bond motifs is 1. The van der Waals surface area contributed by atoms with Crippen molar-refractivity contribution in [1.29, 1.82) is 0 Å². The number of aromatic nitrogens is 2. The molecule has 15 heavy (non-hydrogen) atoms. The Morgan fingerprint density at radius 2 is 2.07 bits per heavy atom. The van der Waals surface area contributed by atoms with E-state index >= 15 is 0 Å². The van der Waals surface area contributed by atoms with Gasteiger partial charge in [-0.2, -0.15) is 0 Å². The third-order valence-corrected chi connectivity index (χ3v) is 2.43. The lowest BCUT2D eigenvalue weighted by molar-refractivity contribution is -0.113. The number of alkyl halides is 1. The monoisotopic (exact) mass is 269 g/mol. The van der Waals surface area contributed by atoms with E-state index in [1.54, 1.807) is 18.2 Å². The minimum atomic E-state index is -0.256. The number of imidazole rings is 1. The topological polar surface area (TPSA) is 77.8 Å². The fourth-order valence-corrected chi connectivity index (χ4v) is 1.44. The average molecular weight is 270 g/mol. The van der Waals surface area contributed by atoms with Gasteiger partial charge in [-0.25, -0.2) is 4.79 Å². The van der Waals surface area contributed by atoms with Gasteiger partial charge in [-0.05, 0) is 18.2 Å². The van der Waals surface area contributed by atoms with Gasteiger partial charge in [0.2, 0.25) is 5.91 Å². The number of anilines is 1. The number of benzene rings is 1. The van der Waals surface area contributed by atoms with Gasteiger partial charge in [-0.1, -0.05) is 15.9 Å². The van der Waals surface area contributed by atoms with Crippen molar-refractivity contribution in [2.75, 3.05) is 10.6 Å². The van der Waals surface area contributed by atoms with E-state index in [1.807, 2.05) is 0 Å². The van der Waals surface area contributed by atoms with Gasteiger partial charge in [0.05, 0.1) is 16.4 Å². The Hall–Kier alpha value is -1.56. The molecular weight excluding hydrogens is 262 g/mol. The number of hydrogen-bond donors (Lipinski definition) is 3. The van der Waals surface area contributed by atoms with Gasteiger partial charge in [-0.3, -0.25) is 4.79 Å². The Morgan fingerprint density at radius 3 is 2.80 bits per heavy atom. The highest BCUT2D eigenvalue weighted by molar-refractivity contribution is 9.09. The zero-order chi connectivity index (χ0) is 10.8. The standard InChI is InChI=1S/C9H8BrN3O2/c10-4-8(14)11-5-1-2-6-7(3-5)13-9(15)12-6/h1-3H,4H2,(H,11,14)(H2,12,13,15). The maximum absolute atomic E-state index is 11.1. The van der Waals surface area contributed by atoms with Crippen LogP contribution in [-0.2, 0) is 4.79 Å². The normalized spacial score (nSPS) is 10.5. The van der Waals surface area contributed by atoms with Crippen molar-refractivity contribution in [3.8, 4) is 0 Å². The van der Waals surface area contributed by atoms with Crippen molar-refractivity contribution in [2.24, 2.45) is 0 Å². The number of carbonyl (C=O) groups excluding carboxylic acids is 1. The van der Waals surface area contributed by atoms with Crippen molar-refractivity contribution < 1.29 is 4.79 Å². The number of hydrogen-bond acceptors (Lipinski definition) is 2. The van der Waals surface area contributed by atoms with Gasteiger partial charge in [0, 0.05) is 5.69 Å². The molecule has 1 aromatic carbocycles. The molecule has 0 aliphatic rings. The van der Waals surface area contributed by atoms with Crippen LogP contribution in [0.1, 0.15) is 0 Å². The van der Waals surface area contributed by atoms with Crippen LogP contribution in [0.4, 0.5) is 5.69 Å². The van der Waals surface area contributed by atoms with Crippen LogP contribution in [0.5, 0.6) is 0 Å². The molecule has 1 amide bonds. The number of nitrogens with one attached hydrogen (secondary N) is 3. The van der Waals surface area contributed by atoms with Crippen molar-refractivity contribution in [3.05, 3.63) is 28.7 Å². The number of halogens is 1. The van der Waals surface area contributed by atoms with Gasteiger partial charge < -0.3 is 15.3 Å². The van der Waals surface area contributed by atoms with Gasteiger partial charge in [0.25, 0.3) is 0 Å². The molecule has 1 aromatic heterocycles. The van der Waals surface area contributed by atoms with Crippen LogP contribution in [0.2, 0.25) is 0 Å². The molecule has 0 radical (unpaired) electrons. The number of aromatic amines is 2. The number of H-pyrrole nitrogens is 2. The lowest BCUT2D eigenvalue weighted by Gasteiger charge is -2.01. The van der Waals surface area contributed by atoms with Crippen molar-refractivity contribution in [1.82, 2.24) is 9.97 Å². The molecule has 5 nitrogen and oxygen atoms in total. The molecule has 2 aromatic rings. The highest BCUT2D eigenvalue weighted by Crippen LogP contribution is 2.14. The van der Waals surface area contributed by atoms with Crippen molar-refractivity contribution in [2.45, 2.75) is 0 Å². The van der Waals surface area contributed by atoms with Gasteiger partial charge in [-0.15, -0.1) is 0 Å². The Morgan fingerprint density at radius 1 is 1.33 bits per heavy atom. The van der Waals surface area contributed by atoms with Crippen molar-refractivity contribution >= 4 is 38.6 Å². The first-order chi connectivity index (χ1) is 7.19. The summed E-state index contributed by atoms with van der Waals surface area (Å²) in [5, 5.41) is 2.92. The van der Waals surface area contributed by atoms with E-state index in [9.17, 15) is 9.59 Å². The zero-order valence-electron chi connectivity index (χ0n) is 7.63. The molecule has 0 unspecified atom stereocenters. The van der Waals surface area contributed by atoms with E-state index in [2.05, 4.69) is 31.2 Å². The third kappa shape index (κ3) is 2.10. The fourth-order valence-electron chi connectivity index (χ4n) is 1.30. The summed E-state index contributed by atoms with van der Waals surface area (Å²) in [5.74, 6) is -0.132. The fraction of sp³-hybridized carbons (Fsp3) is 0.111. The summed E-state index contributed by atoms with van der Waals surface area (Å²) in [5.41, 5.74) is 1.79. The highest BCUT2D eigenvalue weighted by atomic mass is 79.9. The number of carbonyl (C=O) groups is 1. The second-order valence-electron chi connectivity index (χ2n) is 3.02. The molecule has 2 rings (SSSR count). The first kappa shape index (κ1) is 9.97. The highest BCUT2D eigenvalue weighted by Gasteiger charge is 2.02. The quantitative estimate of drug-likeness (QED) is 0.717. The lowest BCUT2D eigenvalue weighted by Crippen LogP contribution is -2.11. The molecule has 78 valence electrons. The van der Waals surface area contributed by atoms with E-state index < -0.39 is 0 Å². The first-order valence-corrected chi connectivity index (χ1v) is 5.39. The molecule has 6 heteroatoms. The lowest BCUT2D eigenvalue weighted by atomic mass is 10.3. The van der Waals surface area contributed by atoms with Gasteiger partial charge >= 0.3 is 5.69 Å². The molecule has 0 aliphatic heterocycles. The Kier molecular flexibility index (Phi) is 2.59. The Bertz CT molecular complexity index is 558. The molecule has 0 saturated heterocycles. The molecular formula is C9H8BrN3O2. The Balaban J connectivity index is 2.38. The minimum Gasteiger partial charge on any atom is -0.325 e. The second-order valence-corrected chi connectivity index (χ2v) is 3.58. The Labute approximate surface area is 93.0 Å². The van der Waals surface area contributed by atoms with Crippen LogP contribution in [-0.4, -0.2) is 21.2 Å². The third-order valence-electron chi connectivity index (χ3n) is 1.92. The summed E-state index contributed by atoms with van der Waals surface area (Å²) in [6, 6.07) is 5.16. The van der Waals surface area contributed by atoms with E-state index in [0.29, 0.717) is 11.2 Å². The predicted octanol–water partition coefficient (Wildman–Crippen LogP) is 1.19. The van der Waals surface area contributed by atoms with Gasteiger partial charge in [0.1, 0.15) is 0 Å². The second kappa shape index (κ2) is 3.90. The summed E-state index contributed by atoms with van der Waals surface area (Å²) in [4.78, 5) is 27.3. The number of amides is 1. The molecule has 1 heterocycles. The number of rotatable bonds is 2. The zero-order valence-corrected chi connectivity index (χ0v) is 9.22. The largest absolute Gasteiger partial charge is 0.325 e. The smallest absolute Gasteiger partial charge is 0.323 e. The van der Waals surface area contributed by atoms with E-state index in [4.69, 9.17) is 0 Å². The van der Waals surface area contributed by atoms with Crippen LogP contribution in [0, 0.1) is 0 Å². The molecule has 0 bridgehead atoms. The van der Waals surface area contributed by atoms with Crippen LogP contribution < -0.4 is 11.0 Å². The van der Waals surface area contributed by atoms with E-state index in [1.165, 1.54) is 0 Å². The maximum atomic E-state index is 11.1. The van der Waals surface area contributed by atoms with Crippen LogP contribution >= 0.6 is 15.9 Å². The molecule has 3 N–H and O–H groups in total. The SMILES string of the molecule is O=C(CBr)Nc1ccc2[nH]c(=O)[nH]c2c1. The summed E-state index contributed by atoms with van der Waals surface area (Å²) in [7, 11) is 0. The average Bonchev–Trinajstić information content (AvgIpc) is 2.57. The molecule has 0 aliphatic carbocycles.